The van der Waals surface area contributed by atoms with Gasteiger partial charge in [-0.3, -0.25) is 9.59 Å². The molecule has 1 fully saturated rings. The van der Waals surface area contributed by atoms with Gasteiger partial charge in [-0.1, -0.05) is 6.07 Å². The minimum Gasteiger partial charge on any atom is -0.444 e. The van der Waals surface area contributed by atoms with Gasteiger partial charge in [0.2, 0.25) is 0 Å². The molecule has 3 amide bonds. The Hall–Kier alpha value is -2.94. The Balaban J connectivity index is 1.51. The molecule has 1 aromatic heterocycles. The molecule has 176 valence electrons. The summed E-state index contributed by atoms with van der Waals surface area (Å²) >= 11 is 3.25. The van der Waals surface area contributed by atoms with Gasteiger partial charge in [-0.25, -0.2) is 9.78 Å². The predicted octanol–water partition coefficient (Wildman–Crippen LogP) is 4.66. The van der Waals surface area contributed by atoms with E-state index in [1.54, 1.807) is 42.5 Å². The molecule has 0 aliphatic heterocycles. The number of ether oxygens (including phenoxy) is 1. The monoisotopic (exact) mass is 516 g/mol. The molecule has 0 bridgehead atoms. The summed E-state index contributed by atoms with van der Waals surface area (Å²) in [6.45, 7) is 5.47. The zero-order valence-corrected chi connectivity index (χ0v) is 20.6. The lowest BCUT2D eigenvalue weighted by atomic mass is 9.91. The maximum atomic E-state index is 12.7. The van der Waals surface area contributed by atoms with Gasteiger partial charge < -0.3 is 20.7 Å². The van der Waals surface area contributed by atoms with E-state index < -0.39 is 11.7 Å². The summed E-state index contributed by atoms with van der Waals surface area (Å²) in [5.74, 6) is -0.524. The van der Waals surface area contributed by atoms with Crippen molar-refractivity contribution in [2.75, 3.05) is 5.32 Å². The fraction of sp³-hybridized carbons (Fsp3) is 0.417. The van der Waals surface area contributed by atoms with E-state index in [0.717, 1.165) is 19.3 Å². The predicted molar refractivity (Wildman–Crippen MR) is 129 cm³/mol. The Kier molecular flexibility index (Phi) is 8.07. The summed E-state index contributed by atoms with van der Waals surface area (Å²) in [6.07, 6.45) is 2.83. The molecule has 1 aliphatic rings. The summed E-state index contributed by atoms with van der Waals surface area (Å²) in [6, 6.07) is 11.7. The Bertz CT molecular complexity index is 1000. The fourth-order valence-electron chi connectivity index (χ4n) is 3.63. The number of rotatable bonds is 5. The van der Waals surface area contributed by atoms with Crippen molar-refractivity contribution in [1.82, 2.24) is 15.6 Å². The highest BCUT2D eigenvalue weighted by Crippen LogP contribution is 2.20. The first kappa shape index (κ1) is 24.7. The molecule has 1 aromatic carbocycles. The van der Waals surface area contributed by atoms with Crippen LogP contribution >= 0.6 is 15.9 Å². The molecule has 1 heterocycles. The number of halogens is 1. The summed E-state index contributed by atoms with van der Waals surface area (Å²) in [5, 5.41) is 8.71. The Morgan fingerprint density at radius 3 is 2.27 bits per heavy atom. The van der Waals surface area contributed by atoms with Gasteiger partial charge in [0.1, 0.15) is 15.9 Å². The number of hydrogen-bond acceptors (Lipinski definition) is 5. The maximum absolute atomic E-state index is 12.7. The Morgan fingerprint density at radius 2 is 1.64 bits per heavy atom. The second-order valence-corrected chi connectivity index (χ2v) is 9.87. The van der Waals surface area contributed by atoms with Crippen molar-refractivity contribution in [2.24, 2.45) is 0 Å². The van der Waals surface area contributed by atoms with Gasteiger partial charge in [0, 0.05) is 23.3 Å². The lowest BCUT2D eigenvalue weighted by Crippen LogP contribution is -2.46. The number of anilines is 1. The van der Waals surface area contributed by atoms with Crippen LogP contribution in [0.3, 0.4) is 0 Å². The summed E-state index contributed by atoms with van der Waals surface area (Å²) in [7, 11) is 0. The minimum atomic E-state index is -0.549. The van der Waals surface area contributed by atoms with Gasteiger partial charge in [-0.05, 0) is 98.8 Å². The standard InChI is InChI=1S/C24H29BrN4O4/c1-24(2,3)33-23(32)28-18-7-4-6-17(14-18)27-21(30)15-10-12-16(13-11-15)26-22(31)19-8-5-9-20(25)29-19/h5,8-13,17-18H,4,6-7,14H2,1-3H3,(H,26,31)(H,27,30)(H,28,32). The lowest BCUT2D eigenvalue weighted by molar-refractivity contribution is 0.0489. The van der Waals surface area contributed by atoms with Gasteiger partial charge >= 0.3 is 6.09 Å². The van der Waals surface area contributed by atoms with E-state index in [1.807, 2.05) is 20.8 Å². The number of alkyl carbamates (subject to hydrolysis) is 1. The van der Waals surface area contributed by atoms with E-state index in [2.05, 4.69) is 36.9 Å². The lowest BCUT2D eigenvalue weighted by Gasteiger charge is -2.31. The van der Waals surface area contributed by atoms with Crippen LogP contribution in [0.2, 0.25) is 0 Å². The van der Waals surface area contributed by atoms with Crippen LogP contribution in [0.15, 0.2) is 47.1 Å². The third-order valence-electron chi connectivity index (χ3n) is 5.08. The average molecular weight is 517 g/mol. The van der Waals surface area contributed by atoms with Crippen LogP contribution in [-0.2, 0) is 4.74 Å². The van der Waals surface area contributed by atoms with Crippen LogP contribution in [0.25, 0.3) is 0 Å². The Labute approximate surface area is 202 Å². The van der Waals surface area contributed by atoms with Crippen molar-refractivity contribution in [3.8, 4) is 0 Å². The largest absolute Gasteiger partial charge is 0.444 e. The number of pyridine rings is 1. The van der Waals surface area contributed by atoms with Crippen molar-refractivity contribution in [1.29, 1.82) is 0 Å². The normalized spacial score (nSPS) is 18.2. The van der Waals surface area contributed by atoms with Crippen LogP contribution in [-0.4, -0.2) is 40.6 Å². The number of benzene rings is 1. The van der Waals surface area contributed by atoms with E-state index in [0.29, 0.717) is 22.3 Å². The molecule has 33 heavy (non-hydrogen) atoms. The quantitative estimate of drug-likeness (QED) is 0.500. The molecular weight excluding hydrogens is 488 g/mol. The van der Waals surface area contributed by atoms with Crippen molar-refractivity contribution in [2.45, 2.75) is 64.1 Å². The molecule has 2 atom stereocenters. The second-order valence-electron chi connectivity index (χ2n) is 9.06. The first-order valence-electron chi connectivity index (χ1n) is 10.9. The Morgan fingerprint density at radius 1 is 0.970 bits per heavy atom. The molecule has 2 aromatic rings. The first-order chi connectivity index (χ1) is 15.6. The molecule has 1 aliphatic carbocycles. The highest BCUT2D eigenvalue weighted by molar-refractivity contribution is 9.10. The number of nitrogens with zero attached hydrogens (tertiary/aromatic N) is 1. The van der Waals surface area contributed by atoms with Crippen LogP contribution < -0.4 is 16.0 Å². The van der Waals surface area contributed by atoms with Crippen molar-refractivity contribution < 1.29 is 19.1 Å². The van der Waals surface area contributed by atoms with Gasteiger partial charge in [-0.15, -0.1) is 0 Å². The number of amides is 3. The molecule has 2 unspecified atom stereocenters. The topological polar surface area (TPSA) is 109 Å². The summed E-state index contributed by atoms with van der Waals surface area (Å²) in [4.78, 5) is 41.2. The van der Waals surface area contributed by atoms with Crippen LogP contribution in [0, 0.1) is 0 Å². The van der Waals surface area contributed by atoms with Crippen molar-refractivity contribution >= 4 is 39.5 Å². The number of aromatic nitrogens is 1. The molecule has 0 radical (unpaired) electrons. The molecular formula is C24H29BrN4O4. The number of carbonyl (C=O) groups is 3. The highest BCUT2D eigenvalue weighted by Gasteiger charge is 2.26. The van der Waals surface area contributed by atoms with Gasteiger partial charge in [0.25, 0.3) is 11.8 Å². The van der Waals surface area contributed by atoms with Crippen LogP contribution in [0.1, 0.15) is 67.3 Å². The molecule has 0 spiro atoms. The van der Waals surface area contributed by atoms with Crippen molar-refractivity contribution in [3.05, 3.63) is 58.3 Å². The fourth-order valence-corrected chi connectivity index (χ4v) is 3.97. The molecule has 8 nitrogen and oxygen atoms in total. The minimum absolute atomic E-state index is 0.0341. The zero-order valence-electron chi connectivity index (χ0n) is 19.0. The van der Waals surface area contributed by atoms with Crippen molar-refractivity contribution in [3.63, 3.8) is 0 Å². The molecule has 0 saturated heterocycles. The van der Waals surface area contributed by atoms with Gasteiger partial charge in [0.05, 0.1) is 0 Å². The van der Waals surface area contributed by atoms with E-state index in [-0.39, 0.29) is 29.6 Å². The van der Waals surface area contributed by atoms with E-state index >= 15 is 0 Å². The summed E-state index contributed by atoms with van der Waals surface area (Å²) < 4.78 is 5.90. The molecule has 3 N–H and O–H groups in total. The van der Waals surface area contributed by atoms with Gasteiger partial charge in [-0.2, -0.15) is 0 Å². The van der Waals surface area contributed by atoms with E-state index in [1.165, 1.54) is 0 Å². The third-order valence-corrected chi connectivity index (χ3v) is 5.52. The van der Waals surface area contributed by atoms with E-state index in [9.17, 15) is 14.4 Å². The maximum Gasteiger partial charge on any atom is 0.407 e. The first-order valence-corrected chi connectivity index (χ1v) is 11.7. The van der Waals surface area contributed by atoms with E-state index in [4.69, 9.17) is 4.74 Å². The second kappa shape index (κ2) is 10.8. The average Bonchev–Trinajstić information content (AvgIpc) is 2.73. The molecule has 1 saturated carbocycles. The third kappa shape index (κ3) is 7.85. The highest BCUT2D eigenvalue weighted by atomic mass is 79.9. The smallest absolute Gasteiger partial charge is 0.407 e. The molecule has 3 rings (SSSR count). The van der Waals surface area contributed by atoms with Gasteiger partial charge in [0.15, 0.2) is 0 Å². The number of nitrogens with one attached hydrogen (secondary N) is 3. The number of hydrogen-bond donors (Lipinski definition) is 3. The molecule has 9 heteroatoms. The summed E-state index contributed by atoms with van der Waals surface area (Å²) in [5.41, 5.74) is 0.804. The SMILES string of the molecule is CC(C)(C)OC(=O)NC1CCCC(NC(=O)c2ccc(NC(=O)c3cccc(Br)n3)cc2)C1. The number of carbonyl (C=O) groups excluding carboxylic acids is 3. The van der Waals surface area contributed by atoms with Crippen LogP contribution in [0.5, 0.6) is 0 Å². The zero-order chi connectivity index (χ0) is 24.0. The van der Waals surface area contributed by atoms with Crippen LogP contribution in [0.4, 0.5) is 10.5 Å².